The Labute approximate surface area is 722 Å². The van der Waals surface area contributed by atoms with Crippen LogP contribution in [0.15, 0.2) is 400 Å². The summed E-state index contributed by atoms with van der Waals surface area (Å²) >= 11 is 0. The molecule has 4 nitrogen and oxygen atoms in total. The molecule has 0 saturated carbocycles. The SMILES string of the molecule is CC(C)(C)Cc1ccc(N(c2ccccc2)c2ccc3c(-c4ccc(-c5ccc(-c6c7ccc(N(c8ccccc8)c8ccc(C(C)(C)C)cc8)cc7c(-c7ccccc7)c7ccc(N(c8ccccc8)c8ccc(C(C)(C)C)cc8)cc67)cc5)cc4)c4cc(N(c5ccccc5)c5ccc(CC(C)(C)C)cc5)ccc4c(-c4ccccc4)c3c2)cc1. The van der Waals surface area contributed by atoms with Gasteiger partial charge in [0, 0.05) is 68.2 Å². The van der Waals surface area contributed by atoms with E-state index in [9.17, 15) is 0 Å². The van der Waals surface area contributed by atoms with Gasteiger partial charge in [0.25, 0.3) is 0 Å². The highest BCUT2D eigenvalue weighted by atomic mass is 15.2. The number of anilines is 12. The van der Waals surface area contributed by atoms with Crippen LogP contribution in [0, 0.1) is 10.8 Å². The molecule has 0 N–H and O–H groups in total. The summed E-state index contributed by atoms with van der Waals surface area (Å²) in [6, 6.07) is 150. The van der Waals surface area contributed by atoms with E-state index >= 15 is 0 Å². The van der Waals surface area contributed by atoms with Crippen LogP contribution in [0.3, 0.4) is 0 Å². The lowest BCUT2D eigenvalue weighted by Gasteiger charge is -2.29. The summed E-state index contributed by atoms with van der Waals surface area (Å²) in [5.74, 6) is 0. The summed E-state index contributed by atoms with van der Waals surface area (Å²) in [6.07, 6.45) is 1.98. The van der Waals surface area contributed by atoms with Gasteiger partial charge in [-0.05, 0) is 301 Å². The number of nitrogens with zero attached hydrogens (tertiary/aromatic N) is 4. The normalized spacial score (nSPS) is 12.0. The van der Waals surface area contributed by atoms with Gasteiger partial charge in [0.1, 0.15) is 0 Å². The van der Waals surface area contributed by atoms with Gasteiger partial charge in [-0.1, -0.05) is 338 Å². The van der Waals surface area contributed by atoms with Crippen molar-refractivity contribution in [2.24, 2.45) is 10.8 Å². The zero-order chi connectivity index (χ0) is 84.0. The lowest BCUT2D eigenvalue weighted by Crippen LogP contribution is -2.13. The highest BCUT2D eigenvalue weighted by Crippen LogP contribution is 2.53. The van der Waals surface area contributed by atoms with Gasteiger partial charge in [0.15, 0.2) is 0 Å². The van der Waals surface area contributed by atoms with Crippen LogP contribution in [0.1, 0.15) is 105 Å². The number of para-hydroxylation sites is 4. The number of benzene rings is 18. The number of hydrogen-bond acceptors (Lipinski definition) is 4. The van der Waals surface area contributed by atoms with Crippen LogP contribution in [-0.2, 0) is 23.7 Å². The highest BCUT2D eigenvalue weighted by Gasteiger charge is 2.28. The molecular weight excluding hydrogens is 1470 g/mol. The molecule has 598 valence electrons. The molecule has 0 heterocycles. The van der Waals surface area contributed by atoms with Crippen molar-refractivity contribution in [3.63, 3.8) is 0 Å². The first-order valence-electron chi connectivity index (χ1n) is 43.2. The Hall–Kier alpha value is -13.8. The van der Waals surface area contributed by atoms with E-state index < -0.39 is 0 Å². The molecule has 0 aliphatic rings. The van der Waals surface area contributed by atoms with Crippen LogP contribution in [0.2, 0.25) is 0 Å². The van der Waals surface area contributed by atoms with Crippen LogP contribution in [0.4, 0.5) is 68.2 Å². The number of fused-ring (bicyclic) bond motifs is 4. The number of hydrogen-bond donors (Lipinski definition) is 0. The maximum absolute atomic E-state index is 2.46. The van der Waals surface area contributed by atoms with E-state index in [1.807, 2.05) is 0 Å². The zero-order valence-corrected chi connectivity index (χ0v) is 72.3. The lowest BCUT2D eigenvalue weighted by molar-refractivity contribution is 0.411. The summed E-state index contributed by atoms with van der Waals surface area (Å²) in [6.45, 7) is 27.6. The predicted molar refractivity (Wildman–Crippen MR) is 526 cm³/mol. The third kappa shape index (κ3) is 16.3. The van der Waals surface area contributed by atoms with Gasteiger partial charge in [0.05, 0.1) is 0 Å². The summed E-state index contributed by atoms with van der Waals surface area (Å²) in [5.41, 5.74) is 30.2. The Morgan fingerprint density at radius 3 is 0.574 bits per heavy atom. The smallest absolute Gasteiger partial charge is 0.0468 e. The molecule has 0 aliphatic carbocycles. The Morgan fingerprint density at radius 1 is 0.164 bits per heavy atom. The van der Waals surface area contributed by atoms with E-state index in [2.05, 4.69) is 503 Å². The average molecular weight is 1580 g/mol. The Bertz CT molecular complexity index is 6740. The maximum atomic E-state index is 2.46. The third-order valence-corrected chi connectivity index (χ3v) is 23.9. The predicted octanol–water partition coefficient (Wildman–Crippen LogP) is 34.3. The molecule has 0 aliphatic heterocycles. The second kappa shape index (κ2) is 32.7. The van der Waals surface area contributed by atoms with Crippen molar-refractivity contribution in [1.82, 2.24) is 0 Å². The van der Waals surface area contributed by atoms with Crippen LogP contribution in [0.25, 0.3) is 98.7 Å². The molecule has 0 bridgehead atoms. The van der Waals surface area contributed by atoms with Crippen molar-refractivity contribution < 1.29 is 0 Å². The van der Waals surface area contributed by atoms with E-state index in [0.29, 0.717) is 0 Å². The molecule has 0 aromatic heterocycles. The summed E-state index contributed by atoms with van der Waals surface area (Å²) in [4.78, 5) is 9.68. The van der Waals surface area contributed by atoms with Crippen LogP contribution < -0.4 is 19.6 Å². The highest BCUT2D eigenvalue weighted by molar-refractivity contribution is 6.24. The third-order valence-electron chi connectivity index (χ3n) is 23.9. The first-order chi connectivity index (χ1) is 59.0. The molecule has 0 atom stereocenters. The van der Waals surface area contributed by atoms with E-state index in [-0.39, 0.29) is 21.7 Å². The van der Waals surface area contributed by atoms with Crippen LogP contribution in [-0.4, -0.2) is 0 Å². The number of rotatable bonds is 19. The van der Waals surface area contributed by atoms with E-state index in [0.717, 1.165) is 125 Å². The maximum Gasteiger partial charge on any atom is 0.0468 e. The fourth-order valence-corrected chi connectivity index (χ4v) is 18.1. The first kappa shape index (κ1) is 79.3. The van der Waals surface area contributed by atoms with Crippen molar-refractivity contribution in [2.45, 2.75) is 107 Å². The fraction of sp³-hybridized carbons (Fsp3) is 0.153. The van der Waals surface area contributed by atoms with Crippen LogP contribution in [0.5, 0.6) is 0 Å². The molecule has 0 saturated heterocycles. The minimum Gasteiger partial charge on any atom is -0.310 e. The molecule has 18 rings (SSSR count). The molecule has 18 aromatic carbocycles. The van der Waals surface area contributed by atoms with E-state index in [1.54, 1.807) is 0 Å². The Balaban J connectivity index is 0.825. The minimum absolute atomic E-state index is 0.000259. The molecule has 122 heavy (non-hydrogen) atoms. The van der Waals surface area contributed by atoms with Crippen molar-refractivity contribution in [3.05, 3.63) is 423 Å². The van der Waals surface area contributed by atoms with Crippen molar-refractivity contribution in [3.8, 4) is 55.6 Å². The molecule has 0 amide bonds. The summed E-state index contributed by atoms with van der Waals surface area (Å²) in [5, 5.41) is 9.35. The molecule has 0 radical (unpaired) electrons. The molecule has 0 fully saturated rings. The van der Waals surface area contributed by atoms with Crippen LogP contribution >= 0.6 is 0 Å². The van der Waals surface area contributed by atoms with Gasteiger partial charge in [-0.2, -0.15) is 0 Å². The molecule has 18 aromatic rings. The molecule has 0 spiro atoms. The van der Waals surface area contributed by atoms with Gasteiger partial charge in [-0.3, -0.25) is 0 Å². The summed E-state index contributed by atoms with van der Waals surface area (Å²) in [7, 11) is 0. The molecular formula is C118H106N4. The summed E-state index contributed by atoms with van der Waals surface area (Å²) < 4.78 is 0. The first-order valence-corrected chi connectivity index (χ1v) is 43.2. The van der Waals surface area contributed by atoms with E-state index in [1.165, 1.54) is 76.8 Å². The van der Waals surface area contributed by atoms with Crippen molar-refractivity contribution in [1.29, 1.82) is 0 Å². The van der Waals surface area contributed by atoms with Crippen molar-refractivity contribution in [2.75, 3.05) is 19.6 Å². The second-order valence-electron chi connectivity index (χ2n) is 37.4. The van der Waals surface area contributed by atoms with Gasteiger partial charge >= 0.3 is 0 Å². The Morgan fingerprint density at radius 2 is 0.352 bits per heavy atom. The van der Waals surface area contributed by atoms with Gasteiger partial charge in [-0.25, -0.2) is 0 Å². The van der Waals surface area contributed by atoms with E-state index in [4.69, 9.17) is 0 Å². The van der Waals surface area contributed by atoms with Gasteiger partial charge in [0.2, 0.25) is 0 Å². The standard InChI is InChI=1S/C118H106N4/c1-115(2,3)79-81-43-59-95(60-44-81)119(91-35-23-15-24-36-91)99-69-73-105-107(75-99)111(85-31-19-13-20-32-85)103-71-67-100(120(92-37-25-16-26-38-92)96-61-45-82(46-62-96)80-116(4,5)6)77-109(103)113(105)87-51-47-83(48-52-87)84-49-53-88(54-50-84)114-106-74-70-101(121(93-39-27-17-28-40-93)97-63-55-89(56-64-97)117(7,8)9)76-108(106)112(86-33-21-14-22-34-86)104-72-68-102(78-110(104)114)122(94-41-29-18-30-42-94)98-65-57-90(58-66-98)118(10,11)12/h13-78H,79-80H2,1-12H3. The second-order valence-corrected chi connectivity index (χ2v) is 37.4. The monoisotopic (exact) mass is 1580 g/mol. The zero-order valence-electron chi connectivity index (χ0n) is 72.3. The lowest BCUT2D eigenvalue weighted by atomic mass is 9.84. The average Bonchev–Trinajstić information content (AvgIpc) is 0.725. The molecule has 4 heteroatoms. The van der Waals surface area contributed by atoms with Gasteiger partial charge in [-0.15, -0.1) is 0 Å². The quantitative estimate of drug-likeness (QED) is 0.0748. The topological polar surface area (TPSA) is 13.0 Å². The largest absolute Gasteiger partial charge is 0.310 e. The molecule has 0 unspecified atom stereocenters. The van der Waals surface area contributed by atoms with Gasteiger partial charge < -0.3 is 19.6 Å². The Kier molecular flexibility index (Phi) is 21.3. The van der Waals surface area contributed by atoms with Crippen molar-refractivity contribution >= 4 is 111 Å². The minimum atomic E-state index is -0.00542. The fourth-order valence-electron chi connectivity index (χ4n) is 18.1.